The molecule has 74 valence electrons. The van der Waals surface area contributed by atoms with Gasteiger partial charge in [0.05, 0.1) is 0 Å². The van der Waals surface area contributed by atoms with Crippen LogP contribution in [0, 0.1) is 13.8 Å². The SMILES string of the molecule is Cc1ccccc1.Cc1ccccc1.[Cd]. The summed E-state index contributed by atoms with van der Waals surface area (Å²) in [6.45, 7) is 4.17. The molecule has 1 heteroatoms. The second-order valence-electron chi connectivity index (χ2n) is 3.31. The van der Waals surface area contributed by atoms with Crippen molar-refractivity contribution in [2.45, 2.75) is 13.8 Å². The minimum Gasteiger partial charge on any atom is -0.0622 e. The molecule has 2 aromatic carbocycles. The van der Waals surface area contributed by atoms with Gasteiger partial charge in [-0.1, -0.05) is 71.8 Å². The van der Waals surface area contributed by atoms with Crippen molar-refractivity contribution in [2.24, 2.45) is 0 Å². The topological polar surface area (TPSA) is 0 Å². The van der Waals surface area contributed by atoms with E-state index < -0.39 is 0 Å². The van der Waals surface area contributed by atoms with Crippen LogP contribution in [-0.2, 0) is 27.3 Å². The molecule has 0 saturated heterocycles. The van der Waals surface area contributed by atoms with E-state index in [2.05, 4.69) is 38.1 Å². The molecule has 0 radical (unpaired) electrons. The van der Waals surface area contributed by atoms with Crippen LogP contribution >= 0.6 is 0 Å². The Labute approximate surface area is 113 Å². The minimum atomic E-state index is 0. The summed E-state index contributed by atoms with van der Waals surface area (Å²) in [4.78, 5) is 0. The Morgan fingerprint density at radius 2 is 0.800 bits per heavy atom. The molecule has 0 bridgehead atoms. The number of hydrogen-bond donors (Lipinski definition) is 0. The van der Waals surface area contributed by atoms with Crippen LogP contribution in [-0.4, -0.2) is 0 Å². The molecule has 0 aromatic heterocycles. The molecule has 0 spiro atoms. The van der Waals surface area contributed by atoms with Crippen LogP contribution in [0.25, 0.3) is 0 Å². The molecule has 0 saturated carbocycles. The molecule has 0 heterocycles. The van der Waals surface area contributed by atoms with Crippen molar-refractivity contribution in [3.05, 3.63) is 71.8 Å². The maximum absolute atomic E-state index is 2.08. The first-order chi connectivity index (χ1) is 6.79. The van der Waals surface area contributed by atoms with Crippen LogP contribution < -0.4 is 0 Å². The van der Waals surface area contributed by atoms with E-state index in [1.807, 2.05) is 36.4 Å². The molecule has 0 aliphatic carbocycles. The van der Waals surface area contributed by atoms with Crippen molar-refractivity contribution in [1.29, 1.82) is 0 Å². The zero-order chi connectivity index (χ0) is 10.2. The summed E-state index contributed by atoms with van der Waals surface area (Å²) in [7, 11) is 0. The van der Waals surface area contributed by atoms with Gasteiger partial charge in [0.25, 0.3) is 0 Å². The second-order valence-corrected chi connectivity index (χ2v) is 3.31. The van der Waals surface area contributed by atoms with Crippen molar-refractivity contribution >= 4 is 0 Å². The van der Waals surface area contributed by atoms with Gasteiger partial charge in [-0.25, -0.2) is 0 Å². The third-order valence-corrected chi connectivity index (χ3v) is 1.88. The largest absolute Gasteiger partial charge is 0.0622 e. The third-order valence-electron chi connectivity index (χ3n) is 1.88. The van der Waals surface area contributed by atoms with E-state index in [4.69, 9.17) is 0 Å². The second kappa shape index (κ2) is 8.65. The Morgan fingerprint density at radius 1 is 0.533 bits per heavy atom. The Kier molecular flexibility index (Phi) is 8.28. The van der Waals surface area contributed by atoms with Crippen molar-refractivity contribution < 1.29 is 27.3 Å². The molecule has 0 aliphatic heterocycles. The Hall–Kier alpha value is -0.638. The average molecular weight is 297 g/mol. The predicted molar refractivity (Wildman–Crippen MR) is 62.4 cm³/mol. The normalized spacial score (nSPS) is 8.13. The summed E-state index contributed by atoms with van der Waals surface area (Å²) >= 11 is 0. The van der Waals surface area contributed by atoms with Gasteiger partial charge in [0.2, 0.25) is 0 Å². The van der Waals surface area contributed by atoms with Crippen molar-refractivity contribution in [3.63, 3.8) is 0 Å². The standard InChI is InChI=1S/2C7H8.Cd/c2*1-7-5-3-2-4-6-7;/h2*2-6H,1H3;. The number of aryl methyl sites for hydroxylation is 2. The fraction of sp³-hybridized carbons (Fsp3) is 0.143. The molecular formula is C14H16Cd. The van der Waals surface area contributed by atoms with E-state index in [0.717, 1.165) is 0 Å². The van der Waals surface area contributed by atoms with Crippen molar-refractivity contribution in [2.75, 3.05) is 0 Å². The maximum atomic E-state index is 2.08. The van der Waals surface area contributed by atoms with Crippen LogP contribution in [0.15, 0.2) is 60.7 Å². The monoisotopic (exact) mass is 298 g/mol. The zero-order valence-corrected chi connectivity index (χ0v) is 13.5. The third kappa shape index (κ3) is 7.31. The minimum absolute atomic E-state index is 0. The molecular weight excluding hydrogens is 281 g/mol. The molecule has 0 fully saturated rings. The first-order valence-corrected chi connectivity index (χ1v) is 4.82. The molecule has 0 atom stereocenters. The van der Waals surface area contributed by atoms with E-state index >= 15 is 0 Å². The Balaban J connectivity index is 0.000000245. The van der Waals surface area contributed by atoms with Crippen LogP contribution in [0.5, 0.6) is 0 Å². The van der Waals surface area contributed by atoms with Gasteiger partial charge in [-0.15, -0.1) is 0 Å². The van der Waals surface area contributed by atoms with Gasteiger partial charge < -0.3 is 0 Å². The summed E-state index contributed by atoms with van der Waals surface area (Å²) in [6.07, 6.45) is 0. The molecule has 2 aromatic rings. The molecule has 2 rings (SSSR count). The summed E-state index contributed by atoms with van der Waals surface area (Å²) < 4.78 is 0. The summed E-state index contributed by atoms with van der Waals surface area (Å²) in [6, 6.07) is 20.5. The van der Waals surface area contributed by atoms with Crippen LogP contribution in [0.3, 0.4) is 0 Å². The number of rotatable bonds is 0. The van der Waals surface area contributed by atoms with Crippen LogP contribution in [0.1, 0.15) is 11.1 Å². The molecule has 15 heavy (non-hydrogen) atoms. The first-order valence-electron chi connectivity index (χ1n) is 4.82. The fourth-order valence-electron chi connectivity index (χ4n) is 1.07. The van der Waals surface area contributed by atoms with Gasteiger partial charge in [0.1, 0.15) is 0 Å². The van der Waals surface area contributed by atoms with Crippen molar-refractivity contribution in [1.82, 2.24) is 0 Å². The average Bonchev–Trinajstić information content (AvgIpc) is 2.21. The smallest absolute Gasteiger partial charge is 0 e. The fourth-order valence-corrected chi connectivity index (χ4v) is 1.07. The van der Waals surface area contributed by atoms with E-state index in [9.17, 15) is 0 Å². The van der Waals surface area contributed by atoms with Crippen molar-refractivity contribution in [3.8, 4) is 0 Å². The first kappa shape index (κ1) is 14.4. The maximum Gasteiger partial charge on any atom is 0 e. The molecule has 0 unspecified atom stereocenters. The van der Waals surface area contributed by atoms with Gasteiger partial charge >= 0.3 is 0 Å². The van der Waals surface area contributed by atoms with Gasteiger partial charge in [0.15, 0.2) is 0 Å². The summed E-state index contributed by atoms with van der Waals surface area (Å²) in [5, 5.41) is 0. The molecule has 0 aliphatic rings. The molecule has 0 amide bonds. The Bertz CT molecular complexity index is 303. The van der Waals surface area contributed by atoms with Gasteiger partial charge in [-0.3, -0.25) is 0 Å². The van der Waals surface area contributed by atoms with E-state index in [1.54, 1.807) is 0 Å². The molecule has 0 nitrogen and oxygen atoms in total. The van der Waals surface area contributed by atoms with Gasteiger partial charge in [0, 0.05) is 27.3 Å². The van der Waals surface area contributed by atoms with E-state index in [0.29, 0.717) is 0 Å². The number of hydrogen-bond acceptors (Lipinski definition) is 0. The van der Waals surface area contributed by atoms with E-state index in [1.165, 1.54) is 11.1 Å². The van der Waals surface area contributed by atoms with Crippen LogP contribution in [0.2, 0.25) is 0 Å². The summed E-state index contributed by atoms with van der Waals surface area (Å²) in [5.41, 5.74) is 2.64. The summed E-state index contributed by atoms with van der Waals surface area (Å²) in [5.74, 6) is 0. The zero-order valence-electron chi connectivity index (χ0n) is 9.48. The van der Waals surface area contributed by atoms with Gasteiger partial charge in [-0.2, -0.15) is 0 Å². The van der Waals surface area contributed by atoms with E-state index in [-0.39, 0.29) is 27.3 Å². The van der Waals surface area contributed by atoms with Crippen LogP contribution in [0.4, 0.5) is 0 Å². The predicted octanol–water partition coefficient (Wildman–Crippen LogP) is 3.99. The quantitative estimate of drug-likeness (QED) is 0.645. The van der Waals surface area contributed by atoms with Gasteiger partial charge in [-0.05, 0) is 13.8 Å². The Morgan fingerprint density at radius 3 is 0.933 bits per heavy atom. The number of benzene rings is 2. The molecule has 0 N–H and O–H groups in total.